The van der Waals surface area contributed by atoms with Gasteiger partial charge in [-0.3, -0.25) is 0 Å². The molecule has 1 aromatic carbocycles. The number of nitrogens with zero attached hydrogens (tertiary/aromatic N) is 3. The minimum atomic E-state index is -3.41. The van der Waals surface area contributed by atoms with Gasteiger partial charge in [0.05, 0.1) is 19.3 Å². The molecule has 34 heavy (non-hydrogen) atoms. The number of carbonyl (C=O) groups is 1. The number of benzene rings is 1. The van der Waals surface area contributed by atoms with Crippen molar-refractivity contribution in [3.8, 4) is 5.75 Å². The molecular formula is C19H23FN4O10. The van der Waals surface area contributed by atoms with Crippen LogP contribution in [0.2, 0.25) is 0 Å². The van der Waals surface area contributed by atoms with E-state index in [4.69, 9.17) is 10.5 Å². The Labute approximate surface area is 190 Å². The third kappa shape index (κ3) is 4.09. The topological polar surface area (TPSA) is 221 Å². The lowest BCUT2D eigenvalue weighted by atomic mass is 10.00. The summed E-state index contributed by atoms with van der Waals surface area (Å²) < 4.78 is 22.2. The molecule has 1 fully saturated rings. The minimum Gasteiger partial charge on any atom is -0.508 e. The number of aliphatic hydroxyl groups excluding tert-OH is 2. The number of ether oxygens (including phenoxy) is 2. The van der Waals surface area contributed by atoms with Gasteiger partial charge in [-0.15, -0.1) is 5.06 Å². The van der Waals surface area contributed by atoms with Gasteiger partial charge in [0, 0.05) is 0 Å². The quantitative estimate of drug-likeness (QED) is 0.118. The molecule has 15 heteroatoms. The number of nitrogen functional groups attached to an aromatic ring is 1. The van der Waals surface area contributed by atoms with Crippen molar-refractivity contribution in [1.29, 1.82) is 0 Å². The van der Waals surface area contributed by atoms with Crippen LogP contribution >= 0.6 is 0 Å². The maximum atomic E-state index is 12.6. The van der Waals surface area contributed by atoms with E-state index in [0.29, 0.717) is 6.20 Å². The van der Waals surface area contributed by atoms with Crippen LogP contribution in [0.3, 0.4) is 0 Å². The molecule has 8 N–H and O–H groups in total. The Kier molecular flexibility index (Phi) is 7.18. The van der Waals surface area contributed by atoms with Crippen LogP contribution in [-0.2, 0) is 21.9 Å². The summed E-state index contributed by atoms with van der Waals surface area (Å²) in [4.78, 5) is 28.1. The molecule has 0 aliphatic carbocycles. The van der Waals surface area contributed by atoms with Gasteiger partial charge < -0.3 is 45.9 Å². The van der Waals surface area contributed by atoms with Crippen LogP contribution in [-0.4, -0.2) is 89.1 Å². The lowest BCUT2D eigenvalue weighted by Gasteiger charge is -2.42. The molecule has 1 saturated heterocycles. The highest BCUT2D eigenvalue weighted by atomic mass is 19.1. The van der Waals surface area contributed by atoms with E-state index >= 15 is 0 Å². The van der Waals surface area contributed by atoms with Crippen molar-refractivity contribution in [1.82, 2.24) is 14.6 Å². The van der Waals surface area contributed by atoms with E-state index in [0.717, 1.165) is 0 Å². The van der Waals surface area contributed by atoms with E-state index < -0.39 is 73.3 Å². The summed E-state index contributed by atoms with van der Waals surface area (Å²) in [5.41, 5.74) is 0.835. The Morgan fingerprint density at radius 1 is 1.32 bits per heavy atom. The minimum absolute atomic E-state index is 0.0275. The highest BCUT2D eigenvalue weighted by molar-refractivity contribution is 5.93. The lowest BCUT2D eigenvalue weighted by molar-refractivity contribution is -0.413. The second-order valence-corrected chi connectivity index (χ2v) is 7.34. The van der Waals surface area contributed by atoms with E-state index in [1.807, 2.05) is 0 Å². The molecule has 3 rings (SSSR count). The van der Waals surface area contributed by atoms with Gasteiger partial charge in [-0.05, 0) is 17.7 Å². The van der Waals surface area contributed by atoms with E-state index in [1.54, 1.807) is 0 Å². The van der Waals surface area contributed by atoms with Crippen molar-refractivity contribution < 1.29 is 49.4 Å². The van der Waals surface area contributed by atoms with Gasteiger partial charge in [-0.25, -0.2) is 23.5 Å². The summed E-state index contributed by atoms with van der Waals surface area (Å²) >= 11 is 0. The maximum Gasteiger partial charge on any atom is 0.353 e. The van der Waals surface area contributed by atoms with Crippen molar-refractivity contribution in [3.63, 3.8) is 0 Å². The number of nitrogens with two attached hydrogens (primary N) is 1. The zero-order valence-electron chi connectivity index (χ0n) is 17.5. The summed E-state index contributed by atoms with van der Waals surface area (Å²) in [5, 5.41) is 63.0. The van der Waals surface area contributed by atoms with Crippen LogP contribution in [0, 0.1) is 0 Å². The molecule has 0 radical (unpaired) electrons. The van der Waals surface area contributed by atoms with Gasteiger partial charge in [0.2, 0.25) is 5.72 Å². The Balaban J connectivity index is 2.13. The summed E-state index contributed by atoms with van der Waals surface area (Å²) in [6, 6.07) is 5.21. The average Bonchev–Trinajstić information content (AvgIpc) is 3.01. The number of alkyl halides is 1. The Bertz CT molecular complexity index is 1100. The SMILES string of the molecule is Nc1c(C(=O)OCCF)cnc(=O)n1[C@]1(O)O[C@H](CO)[C@@H](O)[C@]1(O)N(O)Cc1ccc(O)cc1. The smallest absolute Gasteiger partial charge is 0.353 e. The molecule has 0 unspecified atom stereocenters. The first-order valence-corrected chi connectivity index (χ1v) is 9.78. The molecule has 2 heterocycles. The van der Waals surface area contributed by atoms with Gasteiger partial charge in [-0.1, -0.05) is 12.1 Å². The number of aromatic nitrogens is 2. The largest absolute Gasteiger partial charge is 0.508 e. The van der Waals surface area contributed by atoms with Crippen molar-refractivity contribution in [2.75, 3.05) is 25.6 Å². The molecule has 2 aromatic rings. The summed E-state index contributed by atoms with van der Waals surface area (Å²) in [6.07, 6.45) is -3.31. The second kappa shape index (κ2) is 9.59. The van der Waals surface area contributed by atoms with Crippen molar-refractivity contribution >= 4 is 11.8 Å². The van der Waals surface area contributed by atoms with Crippen LogP contribution in [0.1, 0.15) is 15.9 Å². The highest BCUT2D eigenvalue weighted by Gasteiger charge is 2.70. The number of hydrogen-bond acceptors (Lipinski definition) is 13. The van der Waals surface area contributed by atoms with Crippen molar-refractivity contribution in [2.24, 2.45) is 0 Å². The maximum absolute atomic E-state index is 12.6. The Morgan fingerprint density at radius 3 is 2.56 bits per heavy atom. The number of hydroxylamine groups is 2. The van der Waals surface area contributed by atoms with Crippen molar-refractivity contribution in [2.45, 2.75) is 30.4 Å². The molecule has 1 aromatic heterocycles. The first-order chi connectivity index (χ1) is 16.0. The normalized spacial score (nSPS) is 26.7. The fraction of sp³-hybridized carbons (Fsp3) is 0.421. The monoisotopic (exact) mass is 486 g/mol. The molecule has 0 spiro atoms. The van der Waals surface area contributed by atoms with Gasteiger partial charge in [-0.2, -0.15) is 0 Å². The van der Waals surface area contributed by atoms with Crippen LogP contribution in [0.15, 0.2) is 35.3 Å². The van der Waals surface area contributed by atoms with Crippen molar-refractivity contribution in [3.05, 3.63) is 52.1 Å². The van der Waals surface area contributed by atoms with Crippen LogP contribution in [0.25, 0.3) is 0 Å². The fourth-order valence-electron chi connectivity index (χ4n) is 3.51. The Morgan fingerprint density at radius 2 is 1.97 bits per heavy atom. The molecule has 186 valence electrons. The number of phenolic OH excluding ortho intramolecular Hbond substituents is 1. The first-order valence-electron chi connectivity index (χ1n) is 9.78. The number of rotatable bonds is 8. The molecular weight excluding hydrogens is 463 g/mol. The first kappa shape index (κ1) is 25.4. The van der Waals surface area contributed by atoms with Gasteiger partial charge in [0.25, 0.3) is 0 Å². The van der Waals surface area contributed by atoms with E-state index in [-0.39, 0.29) is 20.9 Å². The van der Waals surface area contributed by atoms with Crippen LogP contribution in [0.5, 0.6) is 5.75 Å². The number of halogens is 1. The van der Waals surface area contributed by atoms with E-state index in [9.17, 15) is 44.7 Å². The number of esters is 1. The number of aliphatic hydroxyl groups is 4. The summed E-state index contributed by atoms with van der Waals surface area (Å²) in [5.74, 6) is -5.61. The molecule has 14 nitrogen and oxygen atoms in total. The van der Waals surface area contributed by atoms with Crippen LogP contribution in [0.4, 0.5) is 10.2 Å². The van der Waals surface area contributed by atoms with Gasteiger partial charge in [0.15, 0.2) is 0 Å². The molecule has 0 amide bonds. The number of aromatic hydroxyl groups is 1. The van der Waals surface area contributed by atoms with Gasteiger partial charge >= 0.3 is 17.6 Å². The summed E-state index contributed by atoms with van der Waals surface area (Å²) in [6.45, 7) is -3.26. The lowest BCUT2D eigenvalue weighted by Crippen LogP contribution is -2.68. The second-order valence-electron chi connectivity index (χ2n) is 7.34. The number of carbonyl (C=O) groups excluding carboxylic acids is 1. The zero-order chi connectivity index (χ0) is 25.3. The predicted octanol–water partition coefficient (Wildman–Crippen LogP) is -2.41. The number of anilines is 1. The third-order valence-corrected chi connectivity index (χ3v) is 5.25. The van der Waals surface area contributed by atoms with E-state index in [2.05, 4.69) is 9.72 Å². The van der Waals surface area contributed by atoms with Crippen LogP contribution < -0.4 is 11.4 Å². The molecule has 1 aliphatic heterocycles. The number of hydrogen-bond donors (Lipinski definition) is 7. The zero-order valence-corrected chi connectivity index (χ0v) is 17.5. The molecule has 0 saturated carbocycles. The third-order valence-electron chi connectivity index (χ3n) is 5.25. The molecule has 4 atom stereocenters. The van der Waals surface area contributed by atoms with E-state index in [1.165, 1.54) is 24.3 Å². The predicted molar refractivity (Wildman–Crippen MR) is 108 cm³/mol. The average molecular weight is 486 g/mol. The summed E-state index contributed by atoms with van der Waals surface area (Å²) in [7, 11) is 0. The Hall–Kier alpha value is -3.18. The molecule has 0 bridgehead atoms. The fourth-order valence-corrected chi connectivity index (χ4v) is 3.51. The molecule has 1 aliphatic rings. The van der Waals surface area contributed by atoms with Gasteiger partial charge in [0.1, 0.15) is 42.6 Å². The number of phenols is 1. The standard InChI is InChI=1S/C19H23FN4O10/c20-5-6-33-16(28)12-7-22-17(29)24(15(12)21)19(31)18(30,14(27)13(9-25)34-19)23(32)8-10-1-3-11(26)4-2-10/h1-4,7,13-14,25-27,30-32H,5-6,8-9,21H2/t13-,14-,18-,19-/m1/s1. The highest BCUT2D eigenvalue weighted by Crippen LogP contribution is 2.44.